The summed E-state index contributed by atoms with van der Waals surface area (Å²) in [5.74, 6) is -0.611. The van der Waals surface area contributed by atoms with Crippen LogP contribution in [0.25, 0.3) is 0 Å². The van der Waals surface area contributed by atoms with Crippen LogP contribution in [0.15, 0.2) is 36.4 Å². The van der Waals surface area contributed by atoms with Gasteiger partial charge in [-0.25, -0.2) is 0 Å². The van der Waals surface area contributed by atoms with E-state index in [1.807, 2.05) is 51.1 Å². The van der Waals surface area contributed by atoms with E-state index in [0.29, 0.717) is 19.4 Å². The van der Waals surface area contributed by atoms with E-state index in [9.17, 15) is 14.7 Å². The van der Waals surface area contributed by atoms with E-state index in [1.54, 1.807) is 13.0 Å². The van der Waals surface area contributed by atoms with Gasteiger partial charge in [-0.05, 0) is 80.8 Å². The number of aromatic hydroxyl groups is 1. The summed E-state index contributed by atoms with van der Waals surface area (Å²) in [5.41, 5.74) is 16.5. The van der Waals surface area contributed by atoms with Crippen molar-refractivity contribution in [2.24, 2.45) is 11.5 Å². The van der Waals surface area contributed by atoms with Crippen LogP contribution in [0.3, 0.4) is 0 Å². The van der Waals surface area contributed by atoms with Crippen molar-refractivity contribution in [1.29, 1.82) is 0 Å². The average Bonchev–Trinajstić information content (AvgIpc) is 2.72. The number of phenolic OH excluding ortho intramolecular Hbond substituents is 1. The third-order valence-electron chi connectivity index (χ3n) is 5.84. The highest BCUT2D eigenvalue weighted by molar-refractivity contribution is 5.89. The third-order valence-corrected chi connectivity index (χ3v) is 5.84. The van der Waals surface area contributed by atoms with Gasteiger partial charge in [-0.3, -0.25) is 9.59 Å². The maximum absolute atomic E-state index is 13.2. The molecule has 0 unspecified atom stereocenters. The zero-order valence-corrected chi connectivity index (χ0v) is 18.3. The number of carbonyl (C=O) groups is 2. The van der Waals surface area contributed by atoms with Crippen LogP contribution < -0.4 is 11.5 Å². The summed E-state index contributed by atoms with van der Waals surface area (Å²) >= 11 is 0. The molecular formula is C24H33N3O3. The molecule has 0 aromatic heterocycles. The fourth-order valence-electron chi connectivity index (χ4n) is 3.70. The van der Waals surface area contributed by atoms with Crippen molar-refractivity contribution in [3.8, 4) is 5.75 Å². The van der Waals surface area contributed by atoms with Gasteiger partial charge in [0.15, 0.2) is 0 Å². The molecule has 2 amide bonds. The normalized spacial score (nSPS) is 13.0. The number of amides is 2. The highest BCUT2D eigenvalue weighted by Gasteiger charge is 2.28. The molecule has 5 N–H and O–H groups in total. The minimum Gasteiger partial charge on any atom is -0.508 e. The minimum absolute atomic E-state index is 0.235. The number of carbonyl (C=O) groups excluding carboxylic acids is 2. The lowest BCUT2D eigenvalue weighted by Gasteiger charge is -2.30. The fraction of sp³-hybridized carbons (Fsp3) is 0.417. The van der Waals surface area contributed by atoms with Crippen LogP contribution in [0, 0.1) is 20.8 Å². The smallest absolute Gasteiger partial charge is 0.240 e. The number of phenols is 1. The molecule has 0 radical (unpaired) electrons. The van der Waals surface area contributed by atoms with Gasteiger partial charge in [0.2, 0.25) is 11.8 Å². The summed E-state index contributed by atoms with van der Waals surface area (Å²) in [7, 11) is 0. The topological polar surface area (TPSA) is 110 Å². The van der Waals surface area contributed by atoms with Gasteiger partial charge in [-0.1, -0.05) is 30.3 Å². The number of hydrogen-bond acceptors (Lipinski definition) is 4. The zero-order chi connectivity index (χ0) is 22.4. The lowest BCUT2D eigenvalue weighted by atomic mass is 9.92. The van der Waals surface area contributed by atoms with E-state index in [4.69, 9.17) is 11.5 Å². The van der Waals surface area contributed by atoms with E-state index in [2.05, 4.69) is 0 Å². The highest BCUT2D eigenvalue weighted by Crippen LogP contribution is 2.27. The Labute approximate surface area is 178 Å². The summed E-state index contributed by atoms with van der Waals surface area (Å²) in [6.07, 6.45) is 1.83. The number of benzene rings is 2. The molecule has 0 spiro atoms. The quantitative estimate of drug-likeness (QED) is 0.589. The summed E-state index contributed by atoms with van der Waals surface area (Å²) in [6, 6.07) is 10.1. The van der Waals surface area contributed by atoms with Crippen molar-refractivity contribution in [2.75, 3.05) is 6.54 Å². The zero-order valence-electron chi connectivity index (χ0n) is 18.3. The van der Waals surface area contributed by atoms with Crippen LogP contribution in [-0.4, -0.2) is 40.4 Å². The molecule has 0 fully saturated rings. The Balaban J connectivity index is 2.14. The van der Waals surface area contributed by atoms with E-state index >= 15 is 0 Å². The summed E-state index contributed by atoms with van der Waals surface area (Å²) in [5, 5.41) is 10.0. The van der Waals surface area contributed by atoms with Gasteiger partial charge in [0, 0.05) is 6.54 Å². The van der Waals surface area contributed by atoms with Crippen molar-refractivity contribution < 1.29 is 14.7 Å². The molecule has 6 nitrogen and oxygen atoms in total. The molecule has 2 aromatic carbocycles. The molecule has 0 aliphatic rings. The lowest BCUT2D eigenvalue weighted by molar-refractivity contribution is -0.139. The molecular weight excluding hydrogens is 378 g/mol. The van der Waals surface area contributed by atoms with Crippen LogP contribution in [0.4, 0.5) is 0 Å². The standard InChI is InChI=1S/C24H33N3O3/c1-15-13-22(28)17(3)16(2)20(15)14-21(25)24(30)27(18(4)23(26)29)12-8-11-19-9-6-5-7-10-19/h5-7,9-10,13,18,21,28H,8,11-12,14,25H2,1-4H3,(H2,26,29)/t18-,21+/m1/s1. The minimum atomic E-state index is -0.801. The summed E-state index contributed by atoms with van der Waals surface area (Å²) in [6.45, 7) is 7.68. The van der Waals surface area contributed by atoms with Crippen molar-refractivity contribution in [3.05, 3.63) is 64.2 Å². The number of primary amides is 1. The van der Waals surface area contributed by atoms with Crippen molar-refractivity contribution >= 4 is 11.8 Å². The van der Waals surface area contributed by atoms with Crippen LogP contribution in [0.1, 0.15) is 41.2 Å². The molecule has 162 valence electrons. The molecule has 0 aliphatic heterocycles. The first-order chi connectivity index (χ1) is 14.1. The van der Waals surface area contributed by atoms with Crippen molar-refractivity contribution in [2.45, 2.75) is 59.0 Å². The van der Waals surface area contributed by atoms with Gasteiger partial charge < -0.3 is 21.5 Å². The first-order valence-electron chi connectivity index (χ1n) is 10.3. The van der Waals surface area contributed by atoms with E-state index in [1.165, 1.54) is 10.5 Å². The lowest BCUT2D eigenvalue weighted by Crippen LogP contribution is -2.53. The number of aryl methyl sites for hydroxylation is 2. The predicted octanol–water partition coefficient (Wildman–Crippen LogP) is 2.52. The molecule has 2 atom stereocenters. The van der Waals surface area contributed by atoms with Crippen LogP contribution in [0.2, 0.25) is 0 Å². The van der Waals surface area contributed by atoms with Crippen LogP contribution in [-0.2, 0) is 22.4 Å². The second-order valence-electron chi connectivity index (χ2n) is 7.95. The number of rotatable bonds is 9. The molecule has 0 aliphatic carbocycles. The molecule has 0 saturated heterocycles. The van der Waals surface area contributed by atoms with Crippen molar-refractivity contribution in [3.63, 3.8) is 0 Å². The van der Waals surface area contributed by atoms with Gasteiger partial charge in [-0.2, -0.15) is 0 Å². The molecule has 0 heterocycles. The van der Waals surface area contributed by atoms with Crippen LogP contribution >= 0.6 is 0 Å². The molecule has 2 aromatic rings. The maximum Gasteiger partial charge on any atom is 0.240 e. The Bertz CT molecular complexity index is 896. The van der Waals surface area contributed by atoms with Crippen LogP contribution in [0.5, 0.6) is 5.75 Å². The van der Waals surface area contributed by atoms with E-state index < -0.39 is 18.0 Å². The van der Waals surface area contributed by atoms with Gasteiger partial charge in [0.1, 0.15) is 11.8 Å². The molecule has 2 rings (SSSR count). The molecule has 30 heavy (non-hydrogen) atoms. The Morgan fingerprint density at radius 2 is 1.73 bits per heavy atom. The van der Waals surface area contributed by atoms with Gasteiger partial charge in [0.05, 0.1) is 6.04 Å². The predicted molar refractivity (Wildman–Crippen MR) is 119 cm³/mol. The molecule has 6 heteroatoms. The SMILES string of the molecule is Cc1cc(O)c(C)c(C)c1C[C@H](N)C(=O)N(CCCc1ccccc1)[C@H](C)C(N)=O. The van der Waals surface area contributed by atoms with Gasteiger partial charge in [0.25, 0.3) is 0 Å². The third kappa shape index (κ3) is 5.60. The number of nitrogens with zero attached hydrogens (tertiary/aromatic N) is 1. The number of nitrogens with two attached hydrogens (primary N) is 2. The molecule has 0 saturated carbocycles. The first-order valence-corrected chi connectivity index (χ1v) is 10.3. The Morgan fingerprint density at radius 1 is 1.10 bits per heavy atom. The summed E-state index contributed by atoms with van der Waals surface area (Å²) < 4.78 is 0. The first kappa shape index (κ1) is 23.4. The Hall–Kier alpha value is -2.86. The highest BCUT2D eigenvalue weighted by atomic mass is 16.3. The fourth-order valence-corrected chi connectivity index (χ4v) is 3.70. The van der Waals surface area contributed by atoms with Crippen molar-refractivity contribution in [1.82, 2.24) is 4.90 Å². The summed E-state index contributed by atoms with van der Waals surface area (Å²) in [4.78, 5) is 26.5. The van der Waals surface area contributed by atoms with E-state index in [0.717, 1.165) is 28.7 Å². The monoisotopic (exact) mass is 411 g/mol. The number of hydrogen-bond donors (Lipinski definition) is 3. The Morgan fingerprint density at radius 3 is 2.33 bits per heavy atom. The van der Waals surface area contributed by atoms with Gasteiger partial charge in [-0.15, -0.1) is 0 Å². The molecule has 0 bridgehead atoms. The average molecular weight is 412 g/mol. The second kappa shape index (κ2) is 10.3. The maximum atomic E-state index is 13.2. The van der Waals surface area contributed by atoms with Gasteiger partial charge >= 0.3 is 0 Å². The largest absolute Gasteiger partial charge is 0.508 e. The second-order valence-corrected chi connectivity index (χ2v) is 7.95. The van der Waals surface area contributed by atoms with E-state index in [-0.39, 0.29) is 11.7 Å². The Kier molecular flexibility index (Phi) is 8.00.